The van der Waals surface area contributed by atoms with E-state index in [1.165, 1.54) is 7.11 Å². The standard InChI is InChI=1S/C15H14O3/c1-17-12-7-5-6-11(10-12)13-8-3-4-9-14(13)15(16)18-2/h3-10H,1-2H3. The third kappa shape index (κ3) is 2.35. The van der Waals surface area contributed by atoms with Crippen LogP contribution in [0.15, 0.2) is 48.5 Å². The van der Waals surface area contributed by atoms with E-state index in [1.807, 2.05) is 42.5 Å². The summed E-state index contributed by atoms with van der Waals surface area (Å²) in [5.41, 5.74) is 2.31. The van der Waals surface area contributed by atoms with Crippen LogP contribution in [-0.4, -0.2) is 20.2 Å². The summed E-state index contributed by atoms with van der Waals surface area (Å²) in [6.45, 7) is 0. The first-order chi connectivity index (χ1) is 8.76. The van der Waals surface area contributed by atoms with Crippen LogP contribution in [0.3, 0.4) is 0 Å². The van der Waals surface area contributed by atoms with E-state index in [-0.39, 0.29) is 5.97 Å². The van der Waals surface area contributed by atoms with Crippen LogP contribution in [0.2, 0.25) is 0 Å². The van der Waals surface area contributed by atoms with Crippen LogP contribution in [0.5, 0.6) is 5.75 Å². The highest BCUT2D eigenvalue weighted by Crippen LogP contribution is 2.27. The van der Waals surface area contributed by atoms with Gasteiger partial charge in [0.2, 0.25) is 0 Å². The van der Waals surface area contributed by atoms with Crippen LogP contribution in [0.1, 0.15) is 10.4 Å². The quantitative estimate of drug-likeness (QED) is 0.775. The second-order valence-electron chi connectivity index (χ2n) is 3.77. The molecular formula is C15H14O3. The predicted molar refractivity (Wildman–Crippen MR) is 69.8 cm³/mol. The van der Waals surface area contributed by atoms with Crippen molar-refractivity contribution < 1.29 is 14.3 Å². The van der Waals surface area contributed by atoms with Crippen LogP contribution in [0.4, 0.5) is 0 Å². The van der Waals surface area contributed by atoms with Crippen LogP contribution in [0.25, 0.3) is 11.1 Å². The molecule has 0 amide bonds. The van der Waals surface area contributed by atoms with E-state index in [1.54, 1.807) is 13.2 Å². The Labute approximate surface area is 106 Å². The monoisotopic (exact) mass is 242 g/mol. The molecule has 0 bridgehead atoms. The highest BCUT2D eigenvalue weighted by molar-refractivity contribution is 5.97. The normalized spacial score (nSPS) is 9.89. The fraction of sp³-hybridized carbons (Fsp3) is 0.133. The zero-order chi connectivity index (χ0) is 13.0. The molecule has 2 aromatic rings. The third-order valence-electron chi connectivity index (χ3n) is 2.71. The van der Waals surface area contributed by atoms with Crippen LogP contribution in [0, 0.1) is 0 Å². The maximum atomic E-state index is 11.7. The smallest absolute Gasteiger partial charge is 0.338 e. The van der Waals surface area contributed by atoms with Gasteiger partial charge in [-0.15, -0.1) is 0 Å². The summed E-state index contributed by atoms with van der Waals surface area (Å²) in [4.78, 5) is 11.7. The van der Waals surface area contributed by atoms with Gasteiger partial charge in [-0.1, -0.05) is 30.3 Å². The van der Waals surface area contributed by atoms with Gasteiger partial charge >= 0.3 is 5.97 Å². The van der Waals surface area contributed by atoms with E-state index in [0.29, 0.717) is 5.56 Å². The Bertz CT molecular complexity index is 561. The molecule has 0 aliphatic heterocycles. The molecule has 92 valence electrons. The van der Waals surface area contributed by atoms with Gasteiger partial charge in [-0.3, -0.25) is 0 Å². The Kier molecular flexibility index (Phi) is 3.63. The molecule has 0 aromatic heterocycles. The highest BCUT2D eigenvalue weighted by atomic mass is 16.5. The number of hydrogen-bond acceptors (Lipinski definition) is 3. The van der Waals surface area contributed by atoms with E-state index < -0.39 is 0 Å². The van der Waals surface area contributed by atoms with Crippen molar-refractivity contribution in [1.82, 2.24) is 0 Å². The van der Waals surface area contributed by atoms with Crippen molar-refractivity contribution in [3.05, 3.63) is 54.1 Å². The molecule has 18 heavy (non-hydrogen) atoms. The van der Waals surface area contributed by atoms with E-state index >= 15 is 0 Å². The number of benzene rings is 2. The fourth-order valence-corrected chi connectivity index (χ4v) is 1.81. The van der Waals surface area contributed by atoms with Gasteiger partial charge in [-0.05, 0) is 29.3 Å². The number of ether oxygens (including phenoxy) is 2. The van der Waals surface area contributed by atoms with Gasteiger partial charge in [-0.2, -0.15) is 0 Å². The van der Waals surface area contributed by atoms with Crippen molar-refractivity contribution in [2.75, 3.05) is 14.2 Å². The molecular weight excluding hydrogens is 228 g/mol. The first kappa shape index (κ1) is 12.2. The molecule has 2 rings (SSSR count). The summed E-state index contributed by atoms with van der Waals surface area (Å²) in [7, 11) is 3.00. The SMILES string of the molecule is COC(=O)c1ccccc1-c1cccc(OC)c1. The summed E-state index contributed by atoms with van der Waals surface area (Å²) in [6.07, 6.45) is 0. The minimum absolute atomic E-state index is 0.339. The maximum absolute atomic E-state index is 11.7. The van der Waals surface area contributed by atoms with Gasteiger partial charge < -0.3 is 9.47 Å². The number of carbonyl (C=O) groups excluding carboxylic acids is 1. The second-order valence-corrected chi connectivity index (χ2v) is 3.77. The molecule has 0 N–H and O–H groups in total. The van der Waals surface area contributed by atoms with Crippen LogP contribution < -0.4 is 4.74 Å². The van der Waals surface area contributed by atoms with E-state index in [9.17, 15) is 4.79 Å². The number of methoxy groups -OCH3 is 2. The van der Waals surface area contributed by atoms with E-state index in [4.69, 9.17) is 9.47 Å². The summed E-state index contributed by atoms with van der Waals surface area (Å²) < 4.78 is 9.97. The molecule has 0 saturated heterocycles. The Morgan fingerprint density at radius 1 is 1.00 bits per heavy atom. The highest BCUT2D eigenvalue weighted by Gasteiger charge is 2.12. The minimum Gasteiger partial charge on any atom is -0.497 e. The lowest BCUT2D eigenvalue weighted by atomic mass is 9.99. The topological polar surface area (TPSA) is 35.5 Å². The second kappa shape index (κ2) is 5.36. The Balaban J connectivity index is 2.53. The molecule has 0 unspecified atom stereocenters. The molecule has 0 saturated carbocycles. The van der Waals surface area contributed by atoms with Gasteiger partial charge in [0.15, 0.2) is 0 Å². The number of esters is 1. The zero-order valence-corrected chi connectivity index (χ0v) is 10.3. The van der Waals surface area contributed by atoms with Crippen molar-refractivity contribution in [2.45, 2.75) is 0 Å². The van der Waals surface area contributed by atoms with Gasteiger partial charge in [0.05, 0.1) is 19.8 Å². The summed E-state index contributed by atoms with van der Waals surface area (Å²) in [6, 6.07) is 14.9. The lowest BCUT2D eigenvalue weighted by Crippen LogP contribution is -2.03. The molecule has 0 fully saturated rings. The summed E-state index contributed by atoms with van der Waals surface area (Å²) in [5.74, 6) is 0.417. The zero-order valence-electron chi connectivity index (χ0n) is 10.3. The number of rotatable bonds is 3. The Morgan fingerprint density at radius 2 is 1.78 bits per heavy atom. The van der Waals surface area contributed by atoms with Gasteiger partial charge in [0.1, 0.15) is 5.75 Å². The van der Waals surface area contributed by atoms with Crippen molar-refractivity contribution in [3.63, 3.8) is 0 Å². The summed E-state index contributed by atoms with van der Waals surface area (Å²) in [5, 5.41) is 0. The molecule has 0 spiro atoms. The van der Waals surface area contributed by atoms with Crippen molar-refractivity contribution in [3.8, 4) is 16.9 Å². The molecule has 0 heterocycles. The van der Waals surface area contributed by atoms with Crippen LogP contribution in [-0.2, 0) is 4.74 Å². The fourth-order valence-electron chi connectivity index (χ4n) is 1.81. The number of hydrogen-bond donors (Lipinski definition) is 0. The van der Waals surface area contributed by atoms with E-state index in [2.05, 4.69) is 0 Å². The molecule has 2 aromatic carbocycles. The Morgan fingerprint density at radius 3 is 2.50 bits per heavy atom. The summed E-state index contributed by atoms with van der Waals surface area (Å²) >= 11 is 0. The van der Waals surface area contributed by atoms with E-state index in [0.717, 1.165) is 16.9 Å². The largest absolute Gasteiger partial charge is 0.497 e. The molecule has 3 nitrogen and oxygen atoms in total. The molecule has 0 aliphatic rings. The van der Waals surface area contributed by atoms with Crippen molar-refractivity contribution in [2.24, 2.45) is 0 Å². The average molecular weight is 242 g/mol. The predicted octanol–water partition coefficient (Wildman–Crippen LogP) is 3.15. The van der Waals surface area contributed by atoms with Gasteiger partial charge in [0.25, 0.3) is 0 Å². The lowest BCUT2D eigenvalue weighted by Gasteiger charge is -2.09. The van der Waals surface area contributed by atoms with Gasteiger partial charge in [-0.25, -0.2) is 4.79 Å². The molecule has 0 aliphatic carbocycles. The average Bonchev–Trinajstić information content (AvgIpc) is 2.46. The van der Waals surface area contributed by atoms with Crippen molar-refractivity contribution in [1.29, 1.82) is 0 Å². The van der Waals surface area contributed by atoms with Crippen molar-refractivity contribution >= 4 is 5.97 Å². The third-order valence-corrected chi connectivity index (χ3v) is 2.71. The first-order valence-electron chi connectivity index (χ1n) is 5.58. The Hall–Kier alpha value is -2.29. The number of carbonyl (C=O) groups is 1. The molecule has 0 atom stereocenters. The van der Waals surface area contributed by atoms with Crippen LogP contribution >= 0.6 is 0 Å². The molecule has 3 heteroatoms. The lowest BCUT2D eigenvalue weighted by molar-refractivity contribution is 0.0601. The maximum Gasteiger partial charge on any atom is 0.338 e. The van der Waals surface area contributed by atoms with Gasteiger partial charge in [0, 0.05) is 0 Å². The minimum atomic E-state index is -0.339. The first-order valence-corrected chi connectivity index (χ1v) is 5.58. The molecule has 0 radical (unpaired) electrons.